The summed E-state index contributed by atoms with van der Waals surface area (Å²) in [5.41, 5.74) is 0.378. The summed E-state index contributed by atoms with van der Waals surface area (Å²) in [6, 6.07) is 4.89. The van der Waals surface area contributed by atoms with Gasteiger partial charge < -0.3 is 9.73 Å². The maximum atomic E-state index is 5.55. The predicted octanol–water partition coefficient (Wildman–Crippen LogP) is 3.27. The molecule has 0 amide bonds. The largest absolute Gasteiger partial charge is 0.468 e. The van der Waals surface area contributed by atoms with Gasteiger partial charge in [0.25, 0.3) is 0 Å². The van der Waals surface area contributed by atoms with Crippen molar-refractivity contribution >= 4 is 0 Å². The third kappa shape index (κ3) is 3.44. The minimum Gasteiger partial charge on any atom is -0.468 e. The van der Waals surface area contributed by atoms with Gasteiger partial charge >= 0.3 is 0 Å². The molecular weight excluding hydrogens is 248 g/mol. The highest BCUT2D eigenvalue weighted by molar-refractivity contribution is 5.01. The molecule has 1 aromatic heterocycles. The van der Waals surface area contributed by atoms with Crippen molar-refractivity contribution in [3.05, 3.63) is 24.2 Å². The van der Waals surface area contributed by atoms with E-state index in [0.717, 1.165) is 24.3 Å². The van der Waals surface area contributed by atoms with E-state index in [1.165, 1.54) is 45.3 Å². The minimum absolute atomic E-state index is 0.378. The number of nitrogens with one attached hydrogen (secondary N) is 1. The second-order valence-electron chi connectivity index (χ2n) is 7.25. The molecule has 0 radical (unpaired) electrons. The van der Waals surface area contributed by atoms with Crippen LogP contribution in [0.15, 0.2) is 22.8 Å². The molecule has 0 spiro atoms. The third-order valence-electron chi connectivity index (χ3n) is 5.01. The van der Waals surface area contributed by atoms with E-state index in [4.69, 9.17) is 4.42 Å². The van der Waals surface area contributed by atoms with Gasteiger partial charge in [0.2, 0.25) is 0 Å². The fourth-order valence-electron chi connectivity index (χ4n) is 3.53. The summed E-state index contributed by atoms with van der Waals surface area (Å²) in [7, 11) is 0. The molecule has 3 nitrogen and oxygen atoms in total. The van der Waals surface area contributed by atoms with Gasteiger partial charge in [-0.15, -0.1) is 0 Å². The number of furan rings is 1. The van der Waals surface area contributed by atoms with Gasteiger partial charge in [0.1, 0.15) is 5.76 Å². The van der Waals surface area contributed by atoms with Crippen molar-refractivity contribution in [3.63, 3.8) is 0 Å². The van der Waals surface area contributed by atoms with Crippen LogP contribution in [0.4, 0.5) is 0 Å². The summed E-state index contributed by atoms with van der Waals surface area (Å²) in [4.78, 5) is 2.65. The van der Waals surface area contributed by atoms with Gasteiger partial charge in [-0.25, -0.2) is 0 Å². The Labute approximate surface area is 122 Å². The first kappa shape index (κ1) is 14.2. The Bertz CT molecular complexity index is 403. The Hall–Kier alpha value is -0.800. The lowest BCUT2D eigenvalue weighted by Crippen LogP contribution is -2.45. The van der Waals surface area contributed by atoms with Crippen LogP contribution in [0, 0.1) is 11.3 Å². The van der Waals surface area contributed by atoms with Crippen LogP contribution >= 0.6 is 0 Å². The lowest BCUT2D eigenvalue weighted by Gasteiger charge is -2.40. The number of hydrogen-bond acceptors (Lipinski definition) is 3. The van der Waals surface area contributed by atoms with Crippen molar-refractivity contribution in [1.82, 2.24) is 10.2 Å². The second-order valence-corrected chi connectivity index (χ2v) is 7.25. The van der Waals surface area contributed by atoms with Gasteiger partial charge in [0, 0.05) is 12.6 Å². The van der Waals surface area contributed by atoms with Crippen molar-refractivity contribution in [2.75, 3.05) is 19.6 Å². The Kier molecular flexibility index (Phi) is 4.18. The van der Waals surface area contributed by atoms with Gasteiger partial charge in [-0.2, -0.15) is 0 Å². The summed E-state index contributed by atoms with van der Waals surface area (Å²) in [5.74, 6) is 1.91. The quantitative estimate of drug-likeness (QED) is 0.864. The highest BCUT2D eigenvalue weighted by atomic mass is 16.3. The van der Waals surface area contributed by atoms with Gasteiger partial charge in [-0.05, 0) is 62.2 Å². The molecule has 3 rings (SSSR count). The Morgan fingerprint density at radius 2 is 2.20 bits per heavy atom. The molecule has 2 aliphatic rings. The Balaban J connectivity index is 1.62. The molecule has 3 heteroatoms. The molecule has 1 aromatic rings. The standard InChI is InChI=1S/C17H28N2O/c1-17(2,14-5-3-9-18-11-14)13-19(15-7-8-15)12-16-6-4-10-20-16/h4,6,10,14-15,18H,3,5,7-9,11-13H2,1-2H3. The molecular formula is C17H28N2O. The first-order valence-corrected chi connectivity index (χ1v) is 8.12. The number of hydrogen-bond donors (Lipinski definition) is 1. The molecule has 1 aliphatic heterocycles. The van der Waals surface area contributed by atoms with E-state index < -0.39 is 0 Å². The number of nitrogens with zero attached hydrogens (tertiary/aromatic N) is 1. The summed E-state index contributed by atoms with van der Waals surface area (Å²) < 4.78 is 5.55. The third-order valence-corrected chi connectivity index (χ3v) is 5.01. The molecule has 2 fully saturated rings. The minimum atomic E-state index is 0.378. The summed E-state index contributed by atoms with van der Waals surface area (Å²) in [6.45, 7) is 9.44. The molecule has 20 heavy (non-hydrogen) atoms. The van der Waals surface area contributed by atoms with Gasteiger partial charge in [0.05, 0.1) is 12.8 Å². The molecule has 112 valence electrons. The molecule has 1 N–H and O–H groups in total. The Morgan fingerprint density at radius 3 is 2.80 bits per heavy atom. The maximum absolute atomic E-state index is 5.55. The van der Waals surface area contributed by atoms with E-state index in [-0.39, 0.29) is 0 Å². The van der Waals surface area contributed by atoms with Gasteiger partial charge in [-0.1, -0.05) is 13.8 Å². The van der Waals surface area contributed by atoms with Crippen molar-refractivity contribution in [3.8, 4) is 0 Å². The lowest BCUT2D eigenvalue weighted by molar-refractivity contribution is 0.0871. The number of piperidine rings is 1. The van der Waals surface area contributed by atoms with Crippen molar-refractivity contribution in [1.29, 1.82) is 0 Å². The highest BCUT2D eigenvalue weighted by Crippen LogP contribution is 2.37. The fourth-order valence-corrected chi connectivity index (χ4v) is 3.53. The average Bonchev–Trinajstić information content (AvgIpc) is 3.18. The van der Waals surface area contributed by atoms with Crippen molar-refractivity contribution in [2.45, 2.75) is 52.1 Å². The zero-order valence-corrected chi connectivity index (χ0v) is 12.9. The maximum Gasteiger partial charge on any atom is 0.117 e. The topological polar surface area (TPSA) is 28.4 Å². The Morgan fingerprint density at radius 1 is 1.35 bits per heavy atom. The van der Waals surface area contributed by atoms with Crippen molar-refractivity contribution < 1.29 is 4.42 Å². The molecule has 1 unspecified atom stereocenters. The van der Waals surface area contributed by atoms with Crippen LogP contribution in [0.5, 0.6) is 0 Å². The molecule has 0 aromatic carbocycles. The average molecular weight is 276 g/mol. The normalized spacial score (nSPS) is 24.2. The van der Waals surface area contributed by atoms with Crippen molar-refractivity contribution in [2.24, 2.45) is 11.3 Å². The van der Waals surface area contributed by atoms with E-state index >= 15 is 0 Å². The highest BCUT2D eigenvalue weighted by Gasteiger charge is 2.37. The second kappa shape index (κ2) is 5.90. The SMILES string of the molecule is CC(C)(CN(Cc1ccco1)C1CC1)C1CCCNC1. The van der Waals surface area contributed by atoms with Crippen LogP contribution in [0.3, 0.4) is 0 Å². The molecule has 1 saturated carbocycles. The van der Waals surface area contributed by atoms with Crippen LogP contribution in [-0.2, 0) is 6.54 Å². The molecule has 1 atom stereocenters. The van der Waals surface area contributed by atoms with E-state index in [0.29, 0.717) is 5.41 Å². The van der Waals surface area contributed by atoms with Crippen LogP contribution in [0.2, 0.25) is 0 Å². The van der Waals surface area contributed by atoms with Crippen LogP contribution < -0.4 is 5.32 Å². The molecule has 0 bridgehead atoms. The summed E-state index contributed by atoms with van der Waals surface area (Å²) in [6.07, 6.45) is 7.21. The van der Waals surface area contributed by atoms with E-state index in [1.807, 2.05) is 6.07 Å². The summed E-state index contributed by atoms with van der Waals surface area (Å²) in [5, 5.41) is 3.57. The van der Waals surface area contributed by atoms with Gasteiger partial charge in [-0.3, -0.25) is 4.90 Å². The smallest absolute Gasteiger partial charge is 0.117 e. The molecule has 2 heterocycles. The molecule has 1 aliphatic carbocycles. The zero-order valence-electron chi connectivity index (χ0n) is 12.9. The molecule has 1 saturated heterocycles. The first-order chi connectivity index (χ1) is 9.65. The van der Waals surface area contributed by atoms with Crippen LogP contribution in [-0.4, -0.2) is 30.6 Å². The van der Waals surface area contributed by atoms with E-state index in [1.54, 1.807) is 6.26 Å². The van der Waals surface area contributed by atoms with E-state index in [9.17, 15) is 0 Å². The van der Waals surface area contributed by atoms with Crippen LogP contribution in [0.25, 0.3) is 0 Å². The predicted molar refractivity (Wildman–Crippen MR) is 81.5 cm³/mol. The monoisotopic (exact) mass is 276 g/mol. The van der Waals surface area contributed by atoms with Gasteiger partial charge in [0.15, 0.2) is 0 Å². The fraction of sp³-hybridized carbons (Fsp3) is 0.765. The number of rotatable bonds is 6. The van der Waals surface area contributed by atoms with E-state index in [2.05, 4.69) is 30.1 Å². The lowest BCUT2D eigenvalue weighted by atomic mass is 9.74. The summed E-state index contributed by atoms with van der Waals surface area (Å²) >= 11 is 0. The zero-order chi connectivity index (χ0) is 14.0. The van der Waals surface area contributed by atoms with Crippen LogP contribution in [0.1, 0.15) is 45.3 Å². The first-order valence-electron chi connectivity index (χ1n) is 8.12.